The van der Waals surface area contributed by atoms with E-state index in [2.05, 4.69) is 56.5 Å². The number of aromatic nitrogens is 1. The van der Waals surface area contributed by atoms with E-state index in [1.807, 2.05) is 64.1 Å². The Kier molecular flexibility index (Phi) is 11.0. The first-order chi connectivity index (χ1) is 15.3. The number of carboxylic acid groups (broad SMARTS) is 1. The SMILES string of the molecule is CC.CC.Cc1ccc(-c2c(C)c3n(c2CC(=O)O)CC(C)(C)C3)cc1.c1ccccc1. The molecule has 3 aromatic rings. The number of rotatable bonds is 3. The fraction of sp³-hybridized carbons (Fsp3) is 0.414. The van der Waals surface area contributed by atoms with Gasteiger partial charge in [0, 0.05) is 23.5 Å². The molecular formula is C29H41NO2. The average Bonchev–Trinajstić information content (AvgIpc) is 3.24. The smallest absolute Gasteiger partial charge is 0.309 e. The first-order valence-electron chi connectivity index (χ1n) is 11.8. The van der Waals surface area contributed by atoms with Crippen LogP contribution in [0.3, 0.4) is 0 Å². The number of aryl methyl sites for hydroxylation is 1. The van der Waals surface area contributed by atoms with Gasteiger partial charge in [0.2, 0.25) is 0 Å². The van der Waals surface area contributed by atoms with Crippen LogP contribution < -0.4 is 0 Å². The normalized spacial score (nSPS) is 12.8. The summed E-state index contributed by atoms with van der Waals surface area (Å²) in [6.07, 6.45) is 1.09. The van der Waals surface area contributed by atoms with Crippen molar-refractivity contribution in [1.29, 1.82) is 0 Å². The van der Waals surface area contributed by atoms with Crippen LogP contribution >= 0.6 is 0 Å². The number of fused-ring (bicyclic) bond motifs is 1. The van der Waals surface area contributed by atoms with Gasteiger partial charge in [-0.15, -0.1) is 0 Å². The topological polar surface area (TPSA) is 42.2 Å². The van der Waals surface area contributed by atoms with Crippen LogP contribution in [0.5, 0.6) is 0 Å². The van der Waals surface area contributed by atoms with Gasteiger partial charge in [0.15, 0.2) is 0 Å². The highest BCUT2D eigenvalue weighted by atomic mass is 16.4. The lowest BCUT2D eigenvalue weighted by Gasteiger charge is -2.18. The predicted molar refractivity (Wildman–Crippen MR) is 137 cm³/mol. The number of nitrogens with zero attached hydrogens (tertiary/aromatic N) is 1. The van der Waals surface area contributed by atoms with E-state index >= 15 is 0 Å². The Morgan fingerprint density at radius 3 is 1.81 bits per heavy atom. The number of carbonyl (C=O) groups is 1. The van der Waals surface area contributed by atoms with Crippen LogP contribution in [0.4, 0.5) is 0 Å². The third kappa shape index (κ3) is 7.12. The van der Waals surface area contributed by atoms with Gasteiger partial charge >= 0.3 is 5.97 Å². The zero-order valence-corrected chi connectivity index (χ0v) is 21.2. The van der Waals surface area contributed by atoms with Crippen molar-refractivity contribution >= 4 is 5.97 Å². The molecule has 1 aliphatic rings. The Balaban J connectivity index is 0.000000432. The quantitative estimate of drug-likeness (QED) is 0.457. The molecule has 0 aliphatic carbocycles. The molecule has 3 nitrogen and oxygen atoms in total. The molecule has 174 valence electrons. The minimum atomic E-state index is -0.765. The minimum Gasteiger partial charge on any atom is -0.481 e. The maximum Gasteiger partial charge on any atom is 0.309 e. The summed E-state index contributed by atoms with van der Waals surface area (Å²) in [5, 5.41) is 9.34. The summed E-state index contributed by atoms with van der Waals surface area (Å²) >= 11 is 0. The molecule has 0 radical (unpaired) electrons. The molecule has 0 saturated carbocycles. The van der Waals surface area contributed by atoms with E-state index < -0.39 is 5.97 Å². The average molecular weight is 436 g/mol. The molecule has 2 heterocycles. The van der Waals surface area contributed by atoms with Gasteiger partial charge in [-0.2, -0.15) is 0 Å². The van der Waals surface area contributed by atoms with E-state index in [9.17, 15) is 9.90 Å². The van der Waals surface area contributed by atoms with E-state index in [4.69, 9.17) is 0 Å². The maximum absolute atomic E-state index is 11.4. The first kappa shape index (κ1) is 27.2. The van der Waals surface area contributed by atoms with Crippen LogP contribution in [0.15, 0.2) is 60.7 Å². The largest absolute Gasteiger partial charge is 0.481 e. The van der Waals surface area contributed by atoms with Crippen molar-refractivity contribution in [2.45, 2.75) is 74.8 Å². The number of carboxylic acids is 1. The van der Waals surface area contributed by atoms with E-state index in [0.717, 1.165) is 29.8 Å². The Labute approximate surface area is 195 Å². The lowest BCUT2D eigenvalue weighted by atomic mass is 9.88. The number of aliphatic carboxylic acids is 1. The van der Waals surface area contributed by atoms with Gasteiger partial charge in [0.1, 0.15) is 0 Å². The van der Waals surface area contributed by atoms with Crippen molar-refractivity contribution < 1.29 is 9.90 Å². The monoisotopic (exact) mass is 435 g/mol. The highest BCUT2D eigenvalue weighted by Crippen LogP contribution is 2.41. The standard InChI is InChI=1S/C19H23NO2.C6H6.2C2H6/c1-12-5-7-14(8-6-12)18-13(2)16-10-19(3,4)11-20(16)15(18)9-17(21)22;1-2-4-6-5-3-1;2*1-2/h5-8H,9-11H2,1-4H3,(H,21,22);1-6H;2*1-2H3. The molecule has 1 aliphatic heterocycles. The van der Waals surface area contributed by atoms with Crippen molar-refractivity contribution in [3.8, 4) is 11.1 Å². The Morgan fingerprint density at radius 2 is 1.38 bits per heavy atom. The first-order valence-corrected chi connectivity index (χ1v) is 11.8. The van der Waals surface area contributed by atoms with Crippen LogP contribution in [0.25, 0.3) is 11.1 Å². The molecule has 2 aromatic carbocycles. The Hall–Kier alpha value is -2.81. The fourth-order valence-electron chi connectivity index (χ4n) is 4.03. The highest BCUT2D eigenvalue weighted by Gasteiger charge is 2.34. The molecule has 1 N–H and O–H groups in total. The molecule has 32 heavy (non-hydrogen) atoms. The van der Waals surface area contributed by atoms with Crippen LogP contribution in [0, 0.1) is 19.3 Å². The fourth-order valence-corrected chi connectivity index (χ4v) is 4.03. The van der Waals surface area contributed by atoms with E-state index in [0.29, 0.717) is 0 Å². The van der Waals surface area contributed by atoms with Crippen molar-refractivity contribution in [2.75, 3.05) is 0 Å². The van der Waals surface area contributed by atoms with Crippen LogP contribution in [-0.4, -0.2) is 15.6 Å². The number of hydrogen-bond acceptors (Lipinski definition) is 1. The van der Waals surface area contributed by atoms with Gasteiger partial charge in [-0.1, -0.05) is 108 Å². The highest BCUT2D eigenvalue weighted by molar-refractivity contribution is 5.79. The van der Waals surface area contributed by atoms with E-state index in [1.165, 1.54) is 16.8 Å². The van der Waals surface area contributed by atoms with Gasteiger partial charge < -0.3 is 9.67 Å². The summed E-state index contributed by atoms with van der Waals surface area (Å²) < 4.78 is 2.25. The molecule has 3 heteroatoms. The van der Waals surface area contributed by atoms with E-state index in [-0.39, 0.29) is 11.8 Å². The molecule has 0 bridgehead atoms. The molecule has 4 rings (SSSR count). The second kappa shape index (κ2) is 12.9. The van der Waals surface area contributed by atoms with Gasteiger partial charge in [-0.05, 0) is 36.8 Å². The lowest BCUT2D eigenvalue weighted by molar-refractivity contribution is -0.136. The Morgan fingerprint density at radius 1 is 0.906 bits per heavy atom. The van der Waals surface area contributed by atoms with Crippen molar-refractivity contribution in [3.63, 3.8) is 0 Å². The Bertz CT molecular complexity index is 924. The summed E-state index contributed by atoms with van der Waals surface area (Å²) in [5.74, 6) is -0.765. The van der Waals surface area contributed by atoms with Gasteiger partial charge in [0.05, 0.1) is 6.42 Å². The third-order valence-electron chi connectivity index (χ3n) is 5.31. The maximum atomic E-state index is 11.4. The summed E-state index contributed by atoms with van der Waals surface area (Å²) in [5.41, 5.74) is 7.16. The van der Waals surface area contributed by atoms with Crippen LogP contribution in [-0.2, 0) is 24.2 Å². The molecule has 1 aromatic heterocycles. The number of benzene rings is 2. The summed E-state index contributed by atoms with van der Waals surface area (Å²) in [4.78, 5) is 11.4. The van der Waals surface area contributed by atoms with Crippen molar-refractivity contribution in [3.05, 3.63) is 83.2 Å². The van der Waals surface area contributed by atoms with Gasteiger partial charge in [0.25, 0.3) is 0 Å². The molecule has 0 amide bonds. The van der Waals surface area contributed by atoms with Gasteiger partial charge in [-0.3, -0.25) is 4.79 Å². The van der Waals surface area contributed by atoms with Crippen molar-refractivity contribution in [2.24, 2.45) is 5.41 Å². The lowest BCUT2D eigenvalue weighted by Crippen LogP contribution is -2.15. The second-order valence-corrected chi connectivity index (χ2v) is 8.41. The molecule has 0 atom stereocenters. The molecule has 0 unspecified atom stereocenters. The van der Waals surface area contributed by atoms with E-state index in [1.54, 1.807) is 0 Å². The predicted octanol–water partition coefficient (Wildman–Crippen LogP) is 7.72. The van der Waals surface area contributed by atoms with Crippen LogP contribution in [0.2, 0.25) is 0 Å². The second-order valence-electron chi connectivity index (χ2n) is 8.41. The zero-order chi connectivity index (χ0) is 24.3. The minimum absolute atomic E-state index is 0.0835. The zero-order valence-electron chi connectivity index (χ0n) is 21.2. The molecule has 0 spiro atoms. The summed E-state index contributed by atoms with van der Waals surface area (Å²) in [6.45, 7) is 17.6. The third-order valence-corrected chi connectivity index (χ3v) is 5.31. The van der Waals surface area contributed by atoms with Crippen LogP contribution in [0.1, 0.15) is 64.1 Å². The number of hydrogen-bond donors (Lipinski definition) is 1. The summed E-state index contributed by atoms with van der Waals surface area (Å²) in [6, 6.07) is 20.4. The van der Waals surface area contributed by atoms with Crippen molar-refractivity contribution in [1.82, 2.24) is 4.57 Å². The summed E-state index contributed by atoms with van der Waals surface area (Å²) in [7, 11) is 0. The molecular weight excluding hydrogens is 394 g/mol. The molecule has 0 saturated heterocycles. The van der Waals surface area contributed by atoms with Gasteiger partial charge in [-0.25, -0.2) is 0 Å². The molecule has 0 fully saturated rings.